The van der Waals surface area contributed by atoms with Crippen LogP contribution in [0, 0.1) is 0 Å². The summed E-state index contributed by atoms with van der Waals surface area (Å²) in [6.45, 7) is 1.08. The fourth-order valence-corrected chi connectivity index (χ4v) is 0.139. The first-order valence-electron chi connectivity index (χ1n) is 2.67. The van der Waals surface area contributed by atoms with Crippen LogP contribution in [0.2, 0.25) is 0 Å². The first-order chi connectivity index (χ1) is 5.36. The van der Waals surface area contributed by atoms with E-state index < -0.39 is 17.9 Å². The molecule has 0 unspecified atom stereocenters. The molecule has 0 radical (unpaired) electrons. The summed E-state index contributed by atoms with van der Waals surface area (Å²) < 4.78 is 0. The molecule has 7 heteroatoms. The van der Waals surface area contributed by atoms with Crippen LogP contribution in [0.5, 0.6) is 0 Å². The predicted molar refractivity (Wildman–Crippen MR) is 35.1 cm³/mol. The molecule has 0 atom stereocenters. The van der Waals surface area contributed by atoms with Crippen LogP contribution in [0.3, 0.4) is 0 Å². The van der Waals surface area contributed by atoms with Gasteiger partial charge in [-0.2, -0.15) is 0 Å². The number of rotatable bonds is 2. The van der Waals surface area contributed by atoms with Crippen molar-refractivity contribution < 1.29 is 81.1 Å². The molecule has 0 aliphatic carbocycles. The van der Waals surface area contributed by atoms with Gasteiger partial charge in [0.1, 0.15) is 0 Å². The number of carbonyl (C=O) groups is 3. The van der Waals surface area contributed by atoms with Gasteiger partial charge in [-0.25, -0.2) is 4.79 Å². The summed E-state index contributed by atoms with van der Waals surface area (Å²) in [5.41, 5.74) is 0. The van der Waals surface area contributed by atoms with E-state index in [1.807, 2.05) is 0 Å². The Kier molecular flexibility index (Phi) is 16.8. The maximum absolute atomic E-state index is 9.53. The summed E-state index contributed by atoms with van der Waals surface area (Å²) in [5, 5.41) is 24.6. The Morgan fingerprint density at radius 1 is 1.15 bits per heavy atom. The van der Waals surface area contributed by atoms with Crippen molar-refractivity contribution in [3.63, 3.8) is 0 Å². The van der Waals surface area contributed by atoms with E-state index in [2.05, 4.69) is 0 Å². The van der Waals surface area contributed by atoms with Gasteiger partial charge in [0.15, 0.2) is 0 Å². The monoisotopic (exact) mass is 214 g/mol. The van der Waals surface area contributed by atoms with E-state index in [-0.39, 0.29) is 51.4 Å². The Bertz CT molecular complexity index is 189. The normalized spacial score (nSPS) is 7.77. The molecule has 68 valence electrons. The van der Waals surface area contributed by atoms with Gasteiger partial charge in [-0.15, -0.1) is 0 Å². The molecule has 0 saturated heterocycles. The fourth-order valence-electron chi connectivity index (χ4n) is 0.139. The summed E-state index contributed by atoms with van der Waals surface area (Å²) in [4.78, 5) is 28.0. The van der Waals surface area contributed by atoms with Crippen molar-refractivity contribution in [3.05, 3.63) is 12.2 Å². The SMILES string of the molecule is CC(=O)O.O=C([O-])/C=C/C(=O)O.[K+]. The van der Waals surface area contributed by atoms with E-state index in [1.54, 1.807) is 0 Å². The molecular weight excluding hydrogens is 207 g/mol. The van der Waals surface area contributed by atoms with Gasteiger partial charge < -0.3 is 20.1 Å². The van der Waals surface area contributed by atoms with Crippen LogP contribution < -0.4 is 56.5 Å². The van der Waals surface area contributed by atoms with Crippen molar-refractivity contribution >= 4 is 17.9 Å². The third-order valence-corrected chi connectivity index (χ3v) is 0.362. The fraction of sp³-hybridized carbons (Fsp3) is 0.167. The molecule has 0 heterocycles. The van der Waals surface area contributed by atoms with Crippen LogP contribution in [-0.2, 0) is 14.4 Å². The van der Waals surface area contributed by atoms with Gasteiger partial charge in [-0.3, -0.25) is 4.79 Å². The van der Waals surface area contributed by atoms with E-state index in [4.69, 9.17) is 15.0 Å². The third kappa shape index (κ3) is 49.3. The van der Waals surface area contributed by atoms with Crippen molar-refractivity contribution in [3.8, 4) is 0 Å². The predicted octanol–water partition coefficient (Wildman–Crippen LogP) is -4.53. The summed E-state index contributed by atoms with van der Waals surface area (Å²) in [7, 11) is 0. The molecule has 0 saturated carbocycles. The second kappa shape index (κ2) is 11.8. The van der Waals surface area contributed by atoms with Gasteiger partial charge in [0.25, 0.3) is 5.97 Å². The first kappa shape index (κ1) is 18.5. The molecular formula is C6H7KO6. The molecule has 0 aromatic heterocycles. The second-order valence-corrected chi connectivity index (χ2v) is 1.51. The zero-order valence-corrected chi connectivity index (χ0v) is 10.3. The van der Waals surface area contributed by atoms with Crippen molar-refractivity contribution in [2.24, 2.45) is 0 Å². The Labute approximate surface area is 117 Å². The Hall–Kier alpha value is -0.214. The van der Waals surface area contributed by atoms with Gasteiger partial charge in [0.2, 0.25) is 0 Å². The molecule has 0 aromatic rings. The maximum Gasteiger partial charge on any atom is 1.00 e. The molecule has 0 rings (SSSR count). The number of carboxylic acids is 3. The van der Waals surface area contributed by atoms with Gasteiger partial charge in [0, 0.05) is 13.0 Å². The second-order valence-electron chi connectivity index (χ2n) is 1.51. The maximum atomic E-state index is 9.53. The van der Waals surface area contributed by atoms with E-state index in [0.717, 1.165) is 6.92 Å². The topological polar surface area (TPSA) is 115 Å². The van der Waals surface area contributed by atoms with Crippen LogP contribution in [0.4, 0.5) is 0 Å². The number of hydrogen-bond donors (Lipinski definition) is 2. The van der Waals surface area contributed by atoms with Crippen LogP contribution in [0.15, 0.2) is 12.2 Å². The van der Waals surface area contributed by atoms with Crippen molar-refractivity contribution in [1.29, 1.82) is 0 Å². The zero-order chi connectivity index (χ0) is 10.1. The van der Waals surface area contributed by atoms with Crippen LogP contribution in [-0.4, -0.2) is 28.1 Å². The van der Waals surface area contributed by atoms with Crippen molar-refractivity contribution in [1.82, 2.24) is 0 Å². The summed E-state index contributed by atoms with van der Waals surface area (Å²) >= 11 is 0. The van der Waals surface area contributed by atoms with Crippen LogP contribution >= 0.6 is 0 Å². The molecule has 0 fully saturated rings. The minimum atomic E-state index is -1.51. The largest absolute Gasteiger partial charge is 1.00 e. The summed E-state index contributed by atoms with van der Waals surface area (Å²) in [6, 6.07) is 0. The average molecular weight is 214 g/mol. The molecule has 0 spiro atoms. The average Bonchev–Trinajstić information content (AvgIpc) is 1.82. The Morgan fingerprint density at radius 3 is 1.54 bits per heavy atom. The quantitative estimate of drug-likeness (QED) is 0.353. The number of carbonyl (C=O) groups excluding carboxylic acids is 1. The summed E-state index contributed by atoms with van der Waals surface area (Å²) in [5.74, 6) is -3.64. The molecule has 6 nitrogen and oxygen atoms in total. The molecule has 0 bridgehead atoms. The minimum absolute atomic E-state index is 0. The van der Waals surface area contributed by atoms with Crippen molar-refractivity contribution in [2.75, 3.05) is 0 Å². The number of carboxylic acid groups (broad SMARTS) is 3. The third-order valence-electron chi connectivity index (χ3n) is 0.362. The Balaban J connectivity index is -0.000000173. The molecule has 0 aromatic carbocycles. The minimum Gasteiger partial charge on any atom is -0.545 e. The van der Waals surface area contributed by atoms with E-state index in [9.17, 15) is 14.7 Å². The van der Waals surface area contributed by atoms with Gasteiger partial charge >= 0.3 is 57.4 Å². The first-order valence-corrected chi connectivity index (χ1v) is 2.67. The smallest absolute Gasteiger partial charge is 0.545 e. The van der Waals surface area contributed by atoms with E-state index in [0.29, 0.717) is 12.2 Å². The van der Waals surface area contributed by atoms with Gasteiger partial charge in [0.05, 0.1) is 5.97 Å². The van der Waals surface area contributed by atoms with Crippen molar-refractivity contribution in [2.45, 2.75) is 6.92 Å². The molecule has 0 amide bonds. The molecule has 0 aliphatic heterocycles. The summed E-state index contributed by atoms with van der Waals surface area (Å²) in [6.07, 6.45) is 0.942. The molecule has 13 heavy (non-hydrogen) atoms. The molecule has 0 aliphatic rings. The van der Waals surface area contributed by atoms with Crippen LogP contribution in [0.1, 0.15) is 6.92 Å². The van der Waals surface area contributed by atoms with Gasteiger partial charge in [-0.05, 0) is 6.08 Å². The van der Waals surface area contributed by atoms with E-state index >= 15 is 0 Å². The molecule has 2 N–H and O–H groups in total. The standard InChI is InChI=1S/C4H4O4.C2H4O2.K/c5-3(6)1-2-4(7)8;1-2(3)4;/h1-2H,(H,5,6)(H,7,8);1H3,(H,3,4);/q;;+1/p-1/b2-1+;;. The number of aliphatic carboxylic acids is 3. The Morgan fingerprint density at radius 2 is 1.46 bits per heavy atom. The van der Waals surface area contributed by atoms with Crippen LogP contribution in [0.25, 0.3) is 0 Å². The van der Waals surface area contributed by atoms with E-state index in [1.165, 1.54) is 0 Å². The van der Waals surface area contributed by atoms with Gasteiger partial charge in [-0.1, -0.05) is 0 Å². The zero-order valence-electron chi connectivity index (χ0n) is 7.18. The number of hydrogen-bond acceptors (Lipinski definition) is 4.